The van der Waals surface area contributed by atoms with Crippen LogP contribution in [0, 0.1) is 12.7 Å². The van der Waals surface area contributed by atoms with Gasteiger partial charge < -0.3 is 15.5 Å². The highest BCUT2D eigenvalue weighted by Gasteiger charge is 2.02. The molecule has 15 heavy (non-hydrogen) atoms. The van der Waals surface area contributed by atoms with E-state index in [2.05, 4.69) is 5.32 Å². The fourth-order valence-electron chi connectivity index (χ4n) is 1.25. The Morgan fingerprint density at radius 1 is 1.27 bits per heavy atom. The first kappa shape index (κ1) is 9.58. The summed E-state index contributed by atoms with van der Waals surface area (Å²) >= 11 is 0. The van der Waals surface area contributed by atoms with Gasteiger partial charge >= 0.3 is 0 Å². The van der Waals surface area contributed by atoms with Crippen LogP contribution in [0.4, 0.5) is 21.6 Å². The van der Waals surface area contributed by atoms with Gasteiger partial charge in [0.25, 0.3) is 0 Å². The Morgan fingerprint density at radius 3 is 2.67 bits per heavy atom. The molecule has 2 aromatic rings. The molecule has 4 heteroatoms. The topological polar surface area (TPSA) is 51.2 Å². The SMILES string of the molecule is Cc1ccc(Nc2ccc(N)c(F)c2)o1. The molecule has 0 amide bonds. The van der Waals surface area contributed by atoms with Crippen molar-refractivity contribution in [3.8, 4) is 0 Å². The lowest BCUT2D eigenvalue weighted by molar-refractivity contribution is 0.551. The molecule has 0 aliphatic heterocycles. The van der Waals surface area contributed by atoms with Gasteiger partial charge in [0.05, 0.1) is 5.69 Å². The van der Waals surface area contributed by atoms with Crippen molar-refractivity contribution in [2.75, 3.05) is 11.1 Å². The van der Waals surface area contributed by atoms with Crippen molar-refractivity contribution in [2.24, 2.45) is 0 Å². The molecule has 0 aliphatic carbocycles. The summed E-state index contributed by atoms with van der Waals surface area (Å²) in [5.74, 6) is 0.938. The Bertz CT molecular complexity index is 479. The lowest BCUT2D eigenvalue weighted by Crippen LogP contribution is -1.93. The summed E-state index contributed by atoms with van der Waals surface area (Å²) in [5.41, 5.74) is 6.10. The van der Waals surface area contributed by atoms with Gasteiger partial charge in [-0.15, -0.1) is 0 Å². The summed E-state index contributed by atoms with van der Waals surface area (Å²) in [6.45, 7) is 1.84. The zero-order valence-electron chi connectivity index (χ0n) is 8.25. The Hall–Kier alpha value is -1.97. The van der Waals surface area contributed by atoms with E-state index in [9.17, 15) is 4.39 Å². The number of furan rings is 1. The minimum atomic E-state index is -0.441. The molecule has 78 valence electrons. The monoisotopic (exact) mass is 206 g/mol. The molecule has 0 saturated carbocycles. The average molecular weight is 206 g/mol. The van der Waals surface area contributed by atoms with E-state index in [1.165, 1.54) is 12.1 Å². The van der Waals surface area contributed by atoms with Crippen molar-refractivity contribution in [1.29, 1.82) is 0 Å². The zero-order chi connectivity index (χ0) is 10.8. The van der Waals surface area contributed by atoms with Gasteiger partial charge in [-0.25, -0.2) is 4.39 Å². The van der Waals surface area contributed by atoms with Crippen LogP contribution in [0.15, 0.2) is 34.7 Å². The van der Waals surface area contributed by atoms with Gasteiger partial charge in [0.1, 0.15) is 11.6 Å². The summed E-state index contributed by atoms with van der Waals surface area (Å²) in [6, 6.07) is 8.14. The van der Waals surface area contributed by atoms with Crippen molar-refractivity contribution in [1.82, 2.24) is 0 Å². The largest absolute Gasteiger partial charge is 0.446 e. The van der Waals surface area contributed by atoms with E-state index in [1.807, 2.05) is 13.0 Å². The maximum Gasteiger partial charge on any atom is 0.197 e. The first-order chi connectivity index (χ1) is 7.15. The van der Waals surface area contributed by atoms with Crippen LogP contribution < -0.4 is 11.1 Å². The molecule has 0 saturated heterocycles. The molecule has 1 aromatic heterocycles. The molecule has 1 aromatic carbocycles. The van der Waals surface area contributed by atoms with Crippen LogP contribution in [0.5, 0.6) is 0 Å². The first-order valence-corrected chi connectivity index (χ1v) is 4.53. The molecule has 3 N–H and O–H groups in total. The number of nitrogen functional groups attached to an aromatic ring is 1. The number of aryl methyl sites for hydroxylation is 1. The molecule has 0 aliphatic rings. The van der Waals surface area contributed by atoms with Crippen LogP contribution in [-0.4, -0.2) is 0 Å². The molecule has 1 heterocycles. The molecule has 0 radical (unpaired) electrons. The minimum absolute atomic E-state index is 0.135. The van der Waals surface area contributed by atoms with Crippen molar-refractivity contribution in [3.63, 3.8) is 0 Å². The fraction of sp³-hybridized carbons (Fsp3) is 0.0909. The van der Waals surface area contributed by atoms with Crippen LogP contribution in [0.25, 0.3) is 0 Å². The molecule has 0 unspecified atom stereocenters. The number of halogens is 1. The summed E-state index contributed by atoms with van der Waals surface area (Å²) in [4.78, 5) is 0. The van der Waals surface area contributed by atoms with Crippen molar-refractivity contribution >= 4 is 17.3 Å². The van der Waals surface area contributed by atoms with Crippen LogP contribution in [-0.2, 0) is 0 Å². The number of nitrogens with one attached hydrogen (secondary N) is 1. The van der Waals surface area contributed by atoms with E-state index in [0.717, 1.165) is 5.76 Å². The molecule has 0 atom stereocenters. The van der Waals surface area contributed by atoms with Crippen molar-refractivity contribution < 1.29 is 8.81 Å². The van der Waals surface area contributed by atoms with E-state index in [1.54, 1.807) is 12.1 Å². The van der Waals surface area contributed by atoms with E-state index in [4.69, 9.17) is 10.2 Å². The van der Waals surface area contributed by atoms with E-state index in [0.29, 0.717) is 11.6 Å². The normalized spacial score (nSPS) is 10.3. The zero-order valence-corrected chi connectivity index (χ0v) is 8.25. The first-order valence-electron chi connectivity index (χ1n) is 4.53. The number of hydrogen-bond acceptors (Lipinski definition) is 3. The third kappa shape index (κ3) is 2.10. The molecular weight excluding hydrogens is 195 g/mol. The lowest BCUT2D eigenvalue weighted by atomic mass is 10.2. The van der Waals surface area contributed by atoms with E-state index in [-0.39, 0.29) is 5.69 Å². The summed E-state index contributed by atoms with van der Waals surface area (Å²) in [7, 11) is 0. The number of benzene rings is 1. The van der Waals surface area contributed by atoms with E-state index >= 15 is 0 Å². The highest BCUT2D eigenvalue weighted by molar-refractivity contribution is 5.58. The molecule has 3 nitrogen and oxygen atoms in total. The average Bonchev–Trinajstić information content (AvgIpc) is 2.58. The third-order valence-corrected chi connectivity index (χ3v) is 2.01. The van der Waals surface area contributed by atoms with Crippen molar-refractivity contribution in [3.05, 3.63) is 41.9 Å². The van der Waals surface area contributed by atoms with Crippen molar-refractivity contribution in [2.45, 2.75) is 6.92 Å². The molecular formula is C11H11FN2O. The van der Waals surface area contributed by atoms with E-state index < -0.39 is 5.82 Å². The predicted molar refractivity (Wildman–Crippen MR) is 57.5 cm³/mol. The van der Waals surface area contributed by atoms with Gasteiger partial charge in [-0.05, 0) is 31.2 Å². The number of anilines is 3. The Morgan fingerprint density at radius 2 is 2.07 bits per heavy atom. The summed E-state index contributed by atoms with van der Waals surface area (Å²) < 4.78 is 18.4. The second-order valence-corrected chi connectivity index (χ2v) is 3.27. The third-order valence-electron chi connectivity index (χ3n) is 2.01. The number of rotatable bonds is 2. The van der Waals surface area contributed by atoms with Crippen LogP contribution in [0.1, 0.15) is 5.76 Å². The standard InChI is InChI=1S/C11H11FN2O/c1-7-2-5-11(15-7)14-8-3-4-10(13)9(12)6-8/h2-6,14H,13H2,1H3. The predicted octanol–water partition coefficient (Wildman–Crippen LogP) is 3.05. The second kappa shape index (κ2) is 3.65. The van der Waals surface area contributed by atoms with Gasteiger partial charge in [0.15, 0.2) is 5.88 Å². The van der Waals surface area contributed by atoms with Gasteiger partial charge in [-0.3, -0.25) is 0 Å². The van der Waals surface area contributed by atoms with Gasteiger partial charge in [0.2, 0.25) is 0 Å². The maximum atomic E-state index is 13.1. The molecule has 2 rings (SSSR count). The Kier molecular flexibility index (Phi) is 2.33. The fourth-order valence-corrected chi connectivity index (χ4v) is 1.25. The summed E-state index contributed by atoms with van der Waals surface area (Å²) in [5, 5.41) is 2.93. The number of hydrogen-bond donors (Lipinski definition) is 2. The number of nitrogens with two attached hydrogens (primary N) is 1. The van der Waals surface area contributed by atoms with Crippen LogP contribution >= 0.6 is 0 Å². The van der Waals surface area contributed by atoms with Gasteiger partial charge in [-0.1, -0.05) is 0 Å². The summed E-state index contributed by atoms with van der Waals surface area (Å²) in [6.07, 6.45) is 0. The van der Waals surface area contributed by atoms with Gasteiger partial charge in [0, 0.05) is 11.8 Å². The molecule has 0 bridgehead atoms. The second-order valence-electron chi connectivity index (χ2n) is 3.27. The maximum absolute atomic E-state index is 13.1. The molecule has 0 fully saturated rings. The quantitative estimate of drug-likeness (QED) is 0.742. The lowest BCUT2D eigenvalue weighted by Gasteiger charge is -2.03. The highest BCUT2D eigenvalue weighted by atomic mass is 19.1. The van der Waals surface area contributed by atoms with Crippen LogP contribution in [0.2, 0.25) is 0 Å². The Labute approximate surface area is 86.7 Å². The smallest absolute Gasteiger partial charge is 0.197 e. The highest BCUT2D eigenvalue weighted by Crippen LogP contribution is 2.21. The minimum Gasteiger partial charge on any atom is -0.446 e. The Balaban J connectivity index is 2.21. The molecule has 0 spiro atoms. The van der Waals surface area contributed by atoms with Gasteiger partial charge in [-0.2, -0.15) is 0 Å². The van der Waals surface area contributed by atoms with Crippen LogP contribution in [0.3, 0.4) is 0 Å².